The molecule has 0 aliphatic rings. The average Bonchev–Trinajstić information content (AvgIpc) is 2.55. The largest absolute Gasteiger partial charge is 0.493 e. The SMILES string of the molecule is COc1cc(/C=N/Nc2ccc(C)cc2)cc(OC)c1OC.Cl. The fraction of sp³-hybridized carbons (Fsp3) is 0.235. The summed E-state index contributed by atoms with van der Waals surface area (Å²) in [4.78, 5) is 0. The molecule has 2 rings (SSSR count). The Hall–Kier alpha value is -2.40. The molecular formula is C17H21ClN2O3. The van der Waals surface area contributed by atoms with Gasteiger partial charge in [-0.15, -0.1) is 12.4 Å². The zero-order valence-corrected chi connectivity index (χ0v) is 14.4. The molecule has 0 radical (unpaired) electrons. The minimum absolute atomic E-state index is 0. The molecule has 124 valence electrons. The molecule has 0 heterocycles. The molecular weight excluding hydrogens is 316 g/mol. The molecule has 0 spiro atoms. The van der Waals surface area contributed by atoms with Crippen molar-refractivity contribution in [2.24, 2.45) is 5.10 Å². The van der Waals surface area contributed by atoms with Crippen LogP contribution in [0.2, 0.25) is 0 Å². The molecule has 0 saturated heterocycles. The molecule has 5 nitrogen and oxygen atoms in total. The van der Waals surface area contributed by atoms with Crippen LogP contribution >= 0.6 is 12.4 Å². The Balaban J connectivity index is 0.00000264. The molecule has 0 bridgehead atoms. The van der Waals surface area contributed by atoms with Crippen molar-refractivity contribution in [2.75, 3.05) is 26.8 Å². The highest BCUT2D eigenvalue weighted by molar-refractivity contribution is 5.85. The number of halogens is 1. The third-order valence-corrected chi connectivity index (χ3v) is 3.15. The van der Waals surface area contributed by atoms with Gasteiger partial charge in [0.15, 0.2) is 11.5 Å². The van der Waals surface area contributed by atoms with Crippen LogP contribution < -0.4 is 19.6 Å². The van der Waals surface area contributed by atoms with Crippen LogP contribution in [0.5, 0.6) is 17.2 Å². The van der Waals surface area contributed by atoms with Gasteiger partial charge in [0.05, 0.1) is 33.2 Å². The molecule has 2 aromatic rings. The van der Waals surface area contributed by atoms with Crippen LogP contribution in [0, 0.1) is 6.92 Å². The lowest BCUT2D eigenvalue weighted by Gasteiger charge is -2.12. The van der Waals surface area contributed by atoms with Gasteiger partial charge in [-0.2, -0.15) is 5.10 Å². The number of methoxy groups -OCH3 is 3. The van der Waals surface area contributed by atoms with Gasteiger partial charge in [0.25, 0.3) is 0 Å². The molecule has 6 heteroatoms. The number of hydrogen-bond acceptors (Lipinski definition) is 5. The van der Waals surface area contributed by atoms with E-state index < -0.39 is 0 Å². The number of nitrogens with one attached hydrogen (secondary N) is 1. The van der Waals surface area contributed by atoms with Crippen molar-refractivity contribution in [3.8, 4) is 17.2 Å². The van der Waals surface area contributed by atoms with Gasteiger partial charge in [0.1, 0.15) is 0 Å². The first-order valence-electron chi connectivity index (χ1n) is 6.83. The summed E-state index contributed by atoms with van der Waals surface area (Å²) in [5.74, 6) is 1.76. The smallest absolute Gasteiger partial charge is 0.203 e. The quantitative estimate of drug-likeness (QED) is 0.642. The lowest BCUT2D eigenvalue weighted by atomic mass is 10.2. The van der Waals surface area contributed by atoms with Crippen molar-refractivity contribution in [3.05, 3.63) is 47.5 Å². The normalized spacial score (nSPS) is 10.1. The van der Waals surface area contributed by atoms with E-state index in [1.54, 1.807) is 27.5 Å². The predicted octanol–water partition coefficient (Wildman–Crippen LogP) is 3.89. The van der Waals surface area contributed by atoms with Gasteiger partial charge in [-0.05, 0) is 31.2 Å². The van der Waals surface area contributed by atoms with E-state index in [2.05, 4.69) is 10.5 Å². The Bertz CT molecular complexity index is 632. The van der Waals surface area contributed by atoms with E-state index in [1.807, 2.05) is 43.3 Å². The van der Waals surface area contributed by atoms with Crippen LogP contribution in [0.15, 0.2) is 41.5 Å². The van der Waals surface area contributed by atoms with Gasteiger partial charge in [-0.25, -0.2) is 0 Å². The molecule has 0 unspecified atom stereocenters. The lowest BCUT2D eigenvalue weighted by molar-refractivity contribution is 0.324. The van der Waals surface area contributed by atoms with E-state index in [0.717, 1.165) is 11.3 Å². The number of hydrogen-bond donors (Lipinski definition) is 1. The molecule has 0 atom stereocenters. The summed E-state index contributed by atoms with van der Waals surface area (Å²) in [7, 11) is 4.75. The van der Waals surface area contributed by atoms with Gasteiger partial charge in [-0.3, -0.25) is 5.43 Å². The second-order valence-electron chi connectivity index (χ2n) is 4.69. The summed E-state index contributed by atoms with van der Waals surface area (Å²) >= 11 is 0. The molecule has 2 aromatic carbocycles. The second kappa shape index (κ2) is 8.90. The first-order chi connectivity index (χ1) is 10.7. The molecule has 0 fully saturated rings. The summed E-state index contributed by atoms with van der Waals surface area (Å²) in [6.45, 7) is 2.04. The zero-order valence-electron chi connectivity index (χ0n) is 13.6. The van der Waals surface area contributed by atoms with E-state index >= 15 is 0 Å². The van der Waals surface area contributed by atoms with Crippen LogP contribution in [0.3, 0.4) is 0 Å². The van der Waals surface area contributed by atoms with Crippen molar-refractivity contribution in [1.82, 2.24) is 0 Å². The van der Waals surface area contributed by atoms with Crippen molar-refractivity contribution in [1.29, 1.82) is 0 Å². The number of hydrazone groups is 1. The maximum absolute atomic E-state index is 5.31. The molecule has 0 saturated carbocycles. The van der Waals surface area contributed by atoms with Gasteiger partial charge >= 0.3 is 0 Å². The van der Waals surface area contributed by atoms with E-state index in [0.29, 0.717) is 17.2 Å². The van der Waals surface area contributed by atoms with Crippen LogP contribution in [0.4, 0.5) is 5.69 Å². The Morgan fingerprint density at radius 1 is 0.913 bits per heavy atom. The summed E-state index contributed by atoms with van der Waals surface area (Å²) in [6.07, 6.45) is 1.70. The van der Waals surface area contributed by atoms with E-state index in [-0.39, 0.29) is 12.4 Å². The Labute approximate surface area is 142 Å². The number of nitrogens with zero attached hydrogens (tertiary/aromatic N) is 1. The Kier molecular flexibility index (Phi) is 7.22. The highest BCUT2D eigenvalue weighted by Crippen LogP contribution is 2.37. The fourth-order valence-electron chi connectivity index (χ4n) is 1.99. The summed E-state index contributed by atoms with van der Waals surface area (Å²) in [6, 6.07) is 11.7. The molecule has 1 N–H and O–H groups in total. The average molecular weight is 337 g/mol. The number of ether oxygens (including phenoxy) is 3. The molecule has 0 aliphatic carbocycles. The Morgan fingerprint density at radius 2 is 1.48 bits per heavy atom. The molecule has 0 aromatic heterocycles. The maximum Gasteiger partial charge on any atom is 0.203 e. The third kappa shape index (κ3) is 4.79. The van der Waals surface area contributed by atoms with Gasteiger partial charge in [0, 0.05) is 5.56 Å². The topological polar surface area (TPSA) is 52.1 Å². The van der Waals surface area contributed by atoms with E-state index in [1.165, 1.54) is 5.56 Å². The van der Waals surface area contributed by atoms with Gasteiger partial charge in [-0.1, -0.05) is 17.7 Å². The van der Waals surface area contributed by atoms with Crippen molar-refractivity contribution >= 4 is 24.3 Å². The fourth-order valence-corrected chi connectivity index (χ4v) is 1.99. The molecule has 0 aliphatic heterocycles. The van der Waals surface area contributed by atoms with Crippen molar-refractivity contribution in [2.45, 2.75) is 6.92 Å². The number of anilines is 1. The van der Waals surface area contributed by atoms with Crippen LogP contribution in [-0.2, 0) is 0 Å². The van der Waals surface area contributed by atoms with Crippen LogP contribution in [0.1, 0.15) is 11.1 Å². The van der Waals surface area contributed by atoms with Crippen molar-refractivity contribution < 1.29 is 14.2 Å². The van der Waals surface area contributed by atoms with Crippen molar-refractivity contribution in [3.63, 3.8) is 0 Å². The monoisotopic (exact) mass is 336 g/mol. The predicted molar refractivity (Wildman–Crippen MR) is 95.7 cm³/mol. The summed E-state index contributed by atoms with van der Waals surface area (Å²) in [5.41, 5.74) is 5.96. The van der Waals surface area contributed by atoms with Gasteiger partial charge in [0.2, 0.25) is 5.75 Å². The highest BCUT2D eigenvalue weighted by Gasteiger charge is 2.12. The minimum Gasteiger partial charge on any atom is -0.493 e. The zero-order chi connectivity index (χ0) is 15.9. The first-order valence-corrected chi connectivity index (χ1v) is 6.83. The summed E-state index contributed by atoms with van der Waals surface area (Å²) in [5, 5.41) is 4.22. The van der Waals surface area contributed by atoms with Gasteiger partial charge < -0.3 is 14.2 Å². The maximum atomic E-state index is 5.31. The molecule has 23 heavy (non-hydrogen) atoms. The van der Waals surface area contributed by atoms with Crippen LogP contribution in [0.25, 0.3) is 0 Å². The molecule has 0 amide bonds. The minimum atomic E-state index is 0. The van der Waals surface area contributed by atoms with E-state index in [4.69, 9.17) is 14.2 Å². The highest BCUT2D eigenvalue weighted by atomic mass is 35.5. The number of benzene rings is 2. The third-order valence-electron chi connectivity index (χ3n) is 3.15. The first kappa shape index (κ1) is 18.6. The van der Waals surface area contributed by atoms with Crippen LogP contribution in [-0.4, -0.2) is 27.5 Å². The standard InChI is InChI=1S/C17H20N2O3.ClH/c1-12-5-7-14(8-6-12)19-18-11-13-9-15(20-2)17(22-4)16(10-13)21-3;/h5-11,19H,1-4H3;1H/b18-11+;. The second-order valence-corrected chi connectivity index (χ2v) is 4.69. The number of rotatable bonds is 6. The summed E-state index contributed by atoms with van der Waals surface area (Å²) < 4.78 is 15.9. The number of aryl methyl sites for hydroxylation is 1. The Morgan fingerprint density at radius 3 is 1.96 bits per heavy atom. The van der Waals surface area contributed by atoms with E-state index in [9.17, 15) is 0 Å². The lowest BCUT2D eigenvalue weighted by Crippen LogP contribution is -1.97.